The van der Waals surface area contributed by atoms with Gasteiger partial charge in [-0.2, -0.15) is 0 Å². The van der Waals surface area contributed by atoms with Gasteiger partial charge in [0.2, 0.25) is 0 Å². The third-order valence-corrected chi connectivity index (χ3v) is 2.50. The molecule has 8 heteroatoms. The van der Waals surface area contributed by atoms with Crippen LogP contribution in [0.25, 0.3) is 0 Å². The van der Waals surface area contributed by atoms with Crippen molar-refractivity contribution in [3.05, 3.63) is 25.3 Å². The molecule has 0 saturated heterocycles. The molecule has 0 aliphatic heterocycles. The van der Waals surface area contributed by atoms with Crippen LogP contribution in [0.5, 0.6) is 0 Å². The third kappa shape index (κ3) is 9.39. The number of carbonyl (C=O) groups is 4. The van der Waals surface area contributed by atoms with E-state index in [0.717, 1.165) is 0 Å². The Kier molecular flexibility index (Phi) is 10.6. The second-order valence-corrected chi connectivity index (χ2v) is 4.60. The molecule has 0 aromatic rings. The van der Waals surface area contributed by atoms with Crippen molar-refractivity contribution >= 4 is 23.9 Å². The molecule has 0 aromatic carbocycles. The van der Waals surface area contributed by atoms with Gasteiger partial charge in [-0.3, -0.25) is 9.59 Å². The monoisotopic (exact) mass is 342 g/mol. The van der Waals surface area contributed by atoms with Gasteiger partial charge >= 0.3 is 23.9 Å². The fraction of sp³-hybridized carbons (Fsp3) is 0.500. The lowest BCUT2D eigenvalue weighted by Gasteiger charge is -2.13. The summed E-state index contributed by atoms with van der Waals surface area (Å²) in [5.41, 5.74) is 0. The molecule has 0 rings (SSSR count). The fourth-order valence-corrected chi connectivity index (χ4v) is 1.33. The number of carbonyl (C=O) groups excluding carboxylic acids is 4. The van der Waals surface area contributed by atoms with Crippen LogP contribution in [0.4, 0.5) is 0 Å². The molecule has 0 amide bonds. The lowest BCUT2D eigenvalue weighted by atomic mass is 10.3. The molecule has 0 N–H and O–H groups in total. The highest BCUT2D eigenvalue weighted by Gasteiger charge is 2.22. The Morgan fingerprint density at radius 3 is 1.42 bits per heavy atom. The van der Waals surface area contributed by atoms with Gasteiger partial charge < -0.3 is 18.9 Å². The second kappa shape index (κ2) is 11.9. The molecule has 0 saturated carbocycles. The van der Waals surface area contributed by atoms with Gasteiger partial charge in [-0.25, -0.2) is 9.59 Å². The van der Waals surface area contributed by atoms with Crippen molar-refractivity contribution in [2.24, 2.45) is 0 Å². The molecule has 0 bridgehead atoms. The number of rotatable bonds is 11. The van der Waals surface area contributed by atoms with E-state index in [1.807, 2.05) is 0 Å². The summed E-state index contributed by atoms with van der Waals surface area (Å²) < 4.78 is 19.0. The Bertz CT molecular complexity index is 438. The van der Waals surface area contributed by atoms with Crippen molar-refractivity contribution in [1.29, 1.82) is 0 Å². The number of ether oxygens (including phenoxy) is 4. The molecule has 24 heavy (non-hydrogen) atoms. The van der Waals surface area contributed by atoms with E-state index in [2.05, 4.69) is 13.2 Å². The summed E-state index contributed by atoms with van der Waals surface area (Å²) in [6.45, 7) is 9.47. The van der Waals surface area contributed by atoms with E-state index in [4.69, 9.17) is 18.9 Å². The van der Waals surface area contributed by atoms with Crippen LogP contribution in [0.2, 0.25) is 0 Å². The van der Waals surface area contributed by atoms with Gasteiger partial charge in [0.25, 0.3) is 0 Å². The van der Waals surface area contributed by atoms with Crippen LogP contribution in [0, 0.1) is 0 Å². The van der Waals surface area contributed by atoms with Gasteiger partial charge in [0, 0.05) is 0 Å². The smallest absolute Gasteiger partial charge is 0.347 e. The maximum atomic E-state index is 11.5. The Morgan fingerprint density at radius 2 is 1.12 bits per heavy atom. The van der Waals surface area contributed by atoms with E-state index in [9.17, 15) is 19.2 Å². The summed E-state index contributed by atoms with van der Waals surface area (Å²) in [6.07, 6.45) is -0.0333. The number of esters is 4. The van der Waals surface area contributed by atoms with Crippen LogP contribution in [-0.2, 0) is 38.1 Å². The maximum absolute atomic E-state index is 11.5. The van der Waals surface area contributed by atoms with E-state index in [-0.39, 0.29) is 26.1 Å². The molecule has 0 fully saturated rings. The zero-order valence-corrected chi connectivity index (χ0v) is 13.8. The minimum Gasteiger partial charge on any atom is -0.459 e. The SMILES string of the molecule is C=CCOC(=O)C(C)OC(=O)CCC(=O)OC(C)C(=O)OCC=C. The summed E-state index contributed by atoms with van der Waals surface area (Å²) in [6, 6.07) is 0. The van der Waals surface area contributed by atoms with Crippen LogP contribution in [-0.4, -0.2) is 49.3 Å². The minimum atomic E-state index is -1.10. The summed E-state index contributed by atoms with van der Waals surface area (Å²) in [5.74, 6) is -2.97. The first-order chi connectivity index (χ1) is 11.3. The van der Waals surface area contributed by atoms with E-state index >= 15 is 0 Å². The Balaban J connectivity index is 4.10. The Hall–Kier alpha value is -2.64. The molecule has 0 aromatic heterocycles. The topological polar surface area (TPSA) is 105 Å². The standard InChI is InChI=1S/C16H22O8/c1-5-9-21-15(19)11(3)23-13(17)7-8-14(18)24-12(4)16(20)22-10-6-2/h5-6,11-12H,1-2,7-10H2,3-4H3. The first-order valence-corrected chi connectivity index (χ1v) is 7.25. The highest BCUT2D eigenvalue weighted by Crippen LogP contribution is 2.04. The van der Waals surface area contributed by atoms with E-state index < -0.39 is 36.1 Å². The summed E-state index contributed by atoms with van der Waals surface area (Å²) in [4.78, 5) is 45.8. The van der Waals surface area contributed by atoms with Gasteiger partial charge in [0.1, 0.15) is 13.2 Å². The molecule has 8 nitrogen and oxygen atoms in total. The molecule has 2 atom stereocenters. The van der Waals surface area contributed by atoms with Gasteiger partial charge in [-0.1, -0.05) is 25.3 Å². The molecular weight excluding hydrogens is 320 g/mol. The molecule has 134 valence electrons. The normalized spacial score (nSPS) is 12.2. The Morgan fingerprint density at radius 1 is 0.792 bits per heavy atom. The zero-order chi connectivity index (χ0) is 18.5. The number of hydrogen-bond donors (Lipinski definition) is 0. The van der Waals surface area contributed by atoms with Gasteiger partial charge in [-0.15, -0.1) is 0 Å². The molecule has 2 unspecified atom stereocenters. The first kappa shape index (κ1) is 21.4. The van der Waals surface area contributed by atoms with Crippen LogP contribution >= 0.6 is 0 Å². The predicted molar refractivity (Wildman–Crippen MR) is 82.7 cm³/mol. The second-order valence-electron chi connectivity index (χ2n) is 4.60. The van der Waals surface area contributed by atoms with Crippen molar-refractivity contribution in [2.45, 2.75) is 38.9 Å². The van der Waals surface area contributed by atoms with E-state index in [1.54, 1.807) is 0 Å². The molecule has 0 aliphatic carbocycles. The average Bonchev–Trinajstić information content (AvgIpc) is 2.55. The van der Waals surface area contributed by atoms with Crippen LogP contribution in [0.3, 0.4) is 0 Å². The van der Waals surface area contributed by atoms with E-state index in [0.29, 0.717) is 0 Å². The van der Waals surface area contributed by atoms with Gasteiger partial charge in [0.15, 0.2) is 12.2 Å². The van der Waals surface area contributed by atoms with Crippen LogP contribution in [0.1, 0.15) is 26.7 Å². The first-order valence-electron chi connectivity index (χ1n) is 7.25. The maximum Gasteiger partial charge on any atom is 0.347 e. The largest absolute Gasteiger partial charge is 0.459 e. The highest BCUT2D eigenvalue weighted by molar-refractivity contribution is 5.83. The summed E-state index contributed by atoms with van der Waals surface area (Å²) in [7, 11) is 0. The average molecular weight is 342 g/mol. The zero-order valence-electron chi connectivity index (χ0n) is 13.8. The molecule has 0 aliphatic rings. The minimum absolute atomic E-state index is 0.00684. The van der Waals surface area contributed by atoms with Crippen molar-refractivity contribution in [2.75, 3.05) is 13.2 Å². The quantitative estimate of drug-likeness (QED) is 0.312. The van der Waals surface area contributed by atoms with Crippen LogP contribution in [0.15, 0.2) is 25.3 Å². The van der Waals surface area contributed by atoms with Crippen molar-refractivity contribution in [3.63, 3.8) is 0 Å². The lowest BCUT2D eigenvalue weighted by Crippen LogP contribution is -2.28. The number of hydrogen-bond acceptors (Lipinski definition) is 8. The molecule has 0 radical (unpaired) electrons. The molecular formula is C16H22O8. The predicted octanol–water partition coefficient (Wildman–Crippen LogP) is 1.09. The van der Waals surface area contributed by atoms with Gasteiger partial charge in [0.05, 0.1) is 12.8 Å². The van der Waals surface area contributed by atoms with Crippen molar-refractivity contribution in [1.82, 2.24) is 0 Å². The summed E-state index contributed by atoms with van der Waals surface area (Å²) in [5, 5.41) is 0. The third-order valence-electron chi connectivity index (χ3n) is 2.50. The summed E-state index contributed by atoms with van der Waals surface area (Å²) >= 11 is 0. The van der Waals surface area contributed by atoms with Crippen molar-refractivity contribution in [3.8, 4) is 0 Å². The fourth-order valence-electron chi connectivity index (χ4n) is 1.33. The van der Waals surface area contributed by atoms with Crippen molar-refractivity contribution < 1.29 is 38.1 Å². The Labute approximate surface area is 140 Å². The lowest BCUT2D eigenvalue weighted by molar-refractivity contribution is -0.169. The van der Waals surface area contributed by atoms with E-state index in [1.165, 1.54) is 26.0 Å². The van der Waals surface area contributed by atoms with Gasteiger partial charge in [-0.05, 0) is 13.8 Å². The highest BCUT2D eigenvalue weighted by atomic mass is 16.6. The molecule has 0 heterocycles. The van der Waals surface area contributed by atoms with Crippen LogP contribution < -0.4 is 0 Å². The molecule has 0 spiro atoms.